The third-order valence-corrected chi connectivity index (χ3v) is 3.71. The smallest absolute Gasteiger partial charge is 0.287 e. The summed E-state index contributed by atoms with van der Waals surface area (Å²) >= 11 is 0. The summed E-state index contributed by atoms with van der Waals surface area (Å²) in [5, 5.41) is 17.8. The quantitative estimate of drug-likeness (QED) is 0.649. The highest BCUT2D eigenvalue weighted by Crippen LogP contribution is 2.17. The molecule has 1 aliphatic rings. The van der Waals surface area contributed by atoms with Crippen LogP contribution in [0.5, 0.6) is 0 Å². The summed E-state index contributed by atoms with van der Waals surface area (Å²) in [6.45, 7) is 1.49. The maximum atomic E-state index is 12.2. The van der Waals surface area contributed by atoms with Gasteiger partial charge in [-0.2, -0.15) is 5.10 Å². The Morgan fingerprint density at radius 2 is 2.35 bits per heavy atom. The average molecular weight is 316 g/mol. The van der Waals surface area contributed by atoms with Gasteiger partial charge in [-0.25, -0.2) is 4.98 Å². The van der Waals surface area contributed by atoms with Gasteiger partial charge in [-0.3, -0.25) is 19.6 Å². The van der Waals surface area contributed by atoms with Crippen LogP contribution in [0.15, 0.2) is 36.8 Å². The predicted molar refractivity (Wildman–Crippen MR) is 81.7 cm³/mol. The van der Waals surface area contributed by atoms with Crippen LogP contribution in [-0.4, -0.2) is 49.6 Å². The first kappa shape index (κ1) is 14.9. The van der Waals surface area contributed by atoms with Gasteiger partial charge < -0.3 is 10.2 Å². The van der Waals surface area contributed by atoms with Gasteiger partial charge in [0.05, 0.1) is 4.92 Å². The summed E-state index contributed by atoms with van der Waals surface area (Å²) in [6, 6.07) is 4.85. The Hall–Kier alpha value is -2.97. The van der Waals surface area contributed by atoms with Crippen LogP contribution in [0, 0.1) is 10.1 Å². The van der Waals surface area contributed by atoms with Gasteiger partial charge in [-0.1, -0.05) is 0 Å². The van der Waals surface area contributed by atoms with Crippen molar-refractivity contribution >= 4 is 17.4 Å². The summed E-state index contributed by atoms with van der Waals surface area (Å²) < 4.78 is 1.60. The normalized spacial score (nSPS) is 17.2. The van der Waals surface area contributed by atoms with Crippen LogP contribution < -0.4 is 5.32 Å². The van der Waals surface area contributed by atoms with E-state index >= 15 is 0 Å². The molecule has 0 radical (unpaired) electrons. The first-order valence-corrected chi connectivity index (χ1v) is 7.24. The van der Waals surface area contributed by atoms with E-state index in [9.17, 15) is 14.9 Å². The number of aromatic nitrogens is 3. The van der Waals surface area contributed by atoms with Crippen LogP contribution in [-0.2, 0) is 11.3 Å². The second kappa shape index (κ2) is 6.42. The Bertz CT molecular complexity index is 685. The van der Waals surface area contributed by atoms with Crippen molar-refractivity contribution in [1.82, 2.24) is 19.7 Å². The molecule has 2 aromatic rings. The zero-order valence-electron chi connectivity index (χ0n) is 12.3. The second-order valence-corrected chi connectivity index (χ2v) is 5.33. The average Bonchev–Trinajstić information content (AvgIpc) is 3.19. The van der Waals surface area contributed by atoms with Gasteiger partial charge in [0.25, 0.3) is 5.69 Å². The van der Waals surface area contributed by atoms with Crippen molar-refractivity contribution in [3.63, 3.8) is 0 Å². The number of nitro groups is 1. The number of hydrogen-bond donors (Lipinski definition) is 1. The van der Waals surface area contributed by atoms with Gasteiger partial charge in [-0.15, -0.1) is 0 Å². The summed E-state index contributed by atoms with van der Waals surface area (Å²) in [5.74, 6) is 0.594. The SMILES string of the molecule is O=C(Cn1cccn1)N1CC[C@H](Nc2ccc([N+](=O)[O-])cn2)C1. The fourth-order valence-corrected chi connectivity index (χ4v) is 2.53. The van der Waals surface area contributed by atoms with Crippen LogP contribution in [0.25, 0.3) is 0 Å². The third kappa shape index (κ3) is 3.62. The third-order valence-electron chi connectivity index (χ3n) is 3.71. The predicted octanol–water partition coefficient (Wildman–Crippen LogP) is 0.899. The number of nitrogens with one attached hydrogen (secondary N) is 1. The zero-order valence-corrected chi connectivity index (χ0v) is 12.3. The lowest BCUT2D eigenvalue weighted by Gasteiger charge is -2.17. The number of amides is 1. The van der Waals surface area contributed by atoms with Gasteiger partial charge in [-0.05, 0) is 18.6 Å². The largest absolute Gasteiger partial charge is 0.365 e. The first-order chi connectivity index (χ1) is 11.1. The molecule has 23 heavy (non-hydrogen) atoms. The second-order valence-electron chi connectivity index (χ2n) is 5.33. The Kier molecular flexibility index (Phi) is 4.18. The number of carbonyl (C=O) groups excluding carboxylic acids is 1. The minimum atomic E-state index is -0.484. The van der Waals surface area contributed by atoms with Crippen LogP contribution >= 0.6 is 0 Å². The number of carbonyl (C=O) groups is 1. The van der Waals surface area contributed by atoms with E-state index in [0.29, 0.717) is 18.9 Å². The number of rotatable bonds is 5. The van der Waals surface area contributed by atoms with Crippen LogP contribution in [0.3, 0.4) is 0 Å². The molecule has 1 fully saturated rings. The molecular formula is C14H16N6O3. The fraction of sp³-hybridized carbons (Fsp3) is 0.357. The molecule has 0 saturated carbocycles. The molecule has 1 saturated heterocycles. The lowest BCUT2D eigenvalue weighted by Crippen LogP contribution is -2.34. The minimum absolute atomic E-state index is 0.0228. The number of anilines is 1. The summed E-state index contributed by atoms with van der Waals surface area (Å²) in [6.07, 6.45) is 5.42. The summed E-state index contributed by atoms with van der Waals surface area (Å²) in [7, 11) is 0. The topological polar surface area (TPSA) is 106 Å². The number of likely N-dealkylation sites (tertiary alicyclic amines) is 1. The highest BCUT2D eigenvalue weighted by atomic mass is 16.6. The molecule has 0 spiro atoms. The van der Waals surface area contributed by atoms with Crippen molar-refractivity contribution in [2.24, 2.45) is 0 Å². The molecule has 1 amide bonds. The summed E-state index contributed by atoms with van der Waals surface area (Å²) in [4.78, 5) is 28.1. The number of nitrogens with zero attached hydrogens (tertiary/aromatic N) is 5. The van der Waals surface area contributed by atoms with Gasteiger partial charge in [0.1, 0.15) is 18.6 Å². The van der Waals surface area contributed by atoms with Gasteiger partial charge in [0.15, 0.2) is 0 Å². The molecule has 0 aliphatic carbocycles. The molecule has 9 heteroatoms. The monoisotopic (exact) mass is 316 g/mol. The Morgan fingerprint density at radius 1 is 1.48 bits per heavy atom. The van der Waals surface area contributed by atoms with Crippen molar-refractivity contribution in [2.45, 2.75) is 19.0 Å². The van der Waals surface area contributed by atoms with E-state index < -0.39 is 4.92 Å². The van der Waals surface area contributed by atoms with E-state index in [1.807, 2.05) is 0 Å². The Balaban J connectivity index is 1.53. The lowest BCUT2D eigenvalue weighted by atomic mass is 10.2. The molecule has 3 rings (SSSR count). The van der Waals surface area contributed by atoms with Crippen LogP contribution in [0.4, 0.5) is 11.5 Å². The highest BCUT2D eigenvalue weighted by molar-refractivity contribution is 5.76. The van der Waals surface area contributed by atoms with Crippen molar-refractivity contribution in [3.05, 3.63) is 46.9 Å². The zero-order chi connectivity index (χ0) is 16.2. The molecule has 1 aliphatic heterocycles. The van der Waals surface area contributed by atoms with Crippen molar-refractivity contribution in [1.29, 1.82) is 0 Å². The van der Waals surface area contributed by atoms with E-state index in [1.54, 1.807) is 34.1 Å². The van der Waals surface area contributed by atoms with E-state index in [-0.39, 0.29) is 24.2 Å². The Labute approximate surface area is 132 Å². The molecule has 0 unspecified atom stereocenters. The van der Waals surface area contributed by atoms with E-state index in [1.165, 1.54) is 12.3 Å². The van der Waals surface area contributed by atoms with Gasteiger partial charge in [0, 0.05) is 37.6 Å². The summed E-state index contributed by atoms with van der Waals surface area (Å²) in [5.41, 5.74) is -0.0435. The van der Waals surface area contributed by atoms with E-state index in [4.69, 9.17) is 0 Å². The molecule has 1 N–H and O–H groups in total. The molecular weight excluding hydrogens is 300 g/mol. The molecule has 0 aromatic carbocycles. The van der Waals surface area contributed by atoms with Crippen molar-refractivity contribution < 1.29 is 9.72 Å². The molecule has 3 heterocycles. The molecule has 1 atom stereocenters. The van der Waals surface area contributed by atoms with Gasteiger partial charge in [0.2, 0.25) is 5.91 Å². The Morgan fingerprint density at radius 3 is 3.00 bits per heavy atom. The number of pyridine rings is 1. The first-order valence-electron chi connectivity index (χ1n) is 7.24. The van der Waals surface area contributed by atoms with Crippen LogP contribution in [0.2, 0.25) is 0 Å². The maximum absolute atomic E-state index is 12.2. The molecule has 9 nitrogen and oxygen atoms in total. The van der Waals surface area contributed by atoms with E-state index in [2.05, 4.69) is 15.4 Å². The highest BCUT2D eigenvalue weighted by Gasteiger charge is 2.26. The van der Waals surface area contributed by atoms with Gasteiger partial charge >= 0.3 is 0 Å². The van der Waals surface area contributed by atoms with E-state index in [0.717, 1.165) is 6.42 Å². The fourth-order valence-electron chi connectivity index (χ4n) is 2.53. The minimum Gasteiger partial charge on any atom is -0.365 e. The van der Waals surface area contributed by atoms with Crippen molar-refractivity contribution in [3.8, 4) is 0 Å². The molecule has 120 valence electrons. The molecule has 0 bridgehead atoms. The van der Waals surface area contributed by atoms with Crippen molar-refractivity contribution in [2.75, 3.05) is 18.4 Å². The lowest BCUT2D eigenvalue weighted by molar-refractivity contribution is -0.385. The molecule has 2 aromatic heterocycles. The maximum Gasteiger partial charge on any atom is 0.287 e. The number of hydrogen-bond acceptors (Lipinski definition) is 6. The standard InChI is InChI=1S/C14H16N6O3/c21-14(10-19-6-1-5-16-19)18-7-4-11(9-18)17-13-3-2-12(8-15-13)20(22)23/h1-3,5-6,8,11H,4,7,9-10H2,(H,15,17)/t11-/m0/s1. The van der Waals surface area contributed by atoms with Crippen LogP contribution in [0.1, 0.15) is 6.42 Å².